The van der Waals surface area contributed by atoms with Gasteiger partial charge >= 0.3 is 6.09 Å². The molecular weight excluding hydrogens is 500 g/mol. The van der Waals surface area contributed by atoms with Crippen molar-refractivity contribution in [1.82, 2.24) is 10.6 Å². The van der Waals surface area contributed by atoms with Crippen molar-refractivity contribution in [2.75, 3.05) is 5.75 Å². The second-order valence-electron chi connectivity index (χ2n) is 9.36. The summed E-state index contributed by atoms with van der Waals surface area (Å²) in [5, 5.41) is 5.53. The van der Waals surface area contributed by atoms with E-state index in [-0.39, 0.29) is 23.2 Å². The van der Waals surface area contributed by atoms with Gasteiger partial charge in [0.15, 0.2) is 9.84 Å². The van der Waals surface area contributed by atoms with Crippen molar-refractivity contribution in [3.63, 3.8) is 0 Å². The zero-order valence-corrected chi connectivity index (χ0v) is 22.5. The van der Waals surface area contributed by atoms with E-state index >= 15 is 0 Å². The highest BCUT2D eigenvalue weighted by molar-refractivity contribution is 7.91. The number of allylic oxidation sites excluding steroid dienone is 1. The van der Waals surface area contributed by atoms with E-state index in [0.29, 0.717) is 18.5 Å². The van der Waals surface area contributed by atoms with Crippen LogP contribution in [-0.2, 0) is 32.4 Å². The Kier molecular flexibility index (Phi) is 10.7. The number of alkyl carbamates (subject to hydrolysis) is 1. The predicted octanol–water partition coefficient (Wildman–Crippen LogP) is 5.04. The number of benzene rings is 3. The highest BCUT2D eigenvalue weighted by Gasteiger charge is 2.24. The van der Waals surface area contributed by atoms with E-state index < -0.39 is 27.9 Å². The number of sulfone groups is 1. The quantitative estimate of drug-likeness (QED) is 0.339. The van der Waals surface area contributed by atoms with Crippen molar-refractivity contribution in [3.05, 3.63) is 114 Å². The average Bonchev–Trinajstić information content (AvgIpc) is 2.91. The van der Waals surface area contributed by atoms with Gasteiger partial charge in [0.2, 0.25) is 5.91 Å². The van der Waals surface area contributed by atoms with Crippen LogP contribution in [0.2, 0.25) is 0 Å². The molecule has 0 aliphatic heterocycles. The molecule has 0 aliphatic rings. The number of carbonyl (C=O) groups is 2. The third kappa shape index (κ3) is 9.52. The lowest BCUT2D eigenvalue weighted by Gasteiger charge is -2.21. The van der Waals surface area contributed by atoms with Crippen molar-refractivity contribution in [3.8, 4) is 0 Å². The van der Waals surface area contributed by atoms with Crippen LogP contribution in [-0.4, -0.2) is 32.2 Å². The van der Waals surface area contributed by atoms with E-state index in [1.165, 1.54) is 6.08 Å². The number of carbonyl (C=O) groups excluding carboxylic acids is 2. The van der Waals surface area contributed by atoms with Gasteiger partial charge in [-0.25, -0.2) is 13.2 Å². The van der Waals surface area contributed by atoms with E-state index in [4.69, 9.17) is 4.74 Å². The SMILES string of the molecule is CC(C)C[C@H](NC(=O)OCc1ccccc1)C(=O)NC(=CCS(=O)(=O)c1ccccc1)Cc1ccccc1. The molecule has 0 fully saturated rings. The molecule has 8 heteroatoms. The van der Waals surface area contributed by atoms with Crippen LogP contribution in [0.5, 0.6) is 0 Å². The number of hydrogen-bond acceptors (Lipinski definition) is 5. The summed E-state index contributed by atoms with van der Waals surface area (Å²) >= 11 is 0. The largest absolute Gasteiger partial charge is 0.445 e. The zero-order valence-electron chi connectivity index (χ0n) is 21.7. The monoisotopic (exact) mass is 534 g/mol. The summed E-state index contributed by atoms with van der Waals surface area (Å²) in [4.78, 5) is 26.0. The predicted molar refractivity (Wildman–Crippen MR) is 148 cm³/mol. The zero-order chi connectivity index (χ0) is 27.4. The van der Waals surface area contributed by atoms with Crippen molar-refractivity contribution >= 4 is 21.8 Å². The van der Waals surface area contributed by atoms with E-state index in [1.54, 1.807) is 30.3 Å². The Hall–Kier alpha value is -3.91. The first kappa shape index (κ1) is 28.7. The summed E-state index contributed by atoms with van der Waals surface area (Å²) in [6.45, 7) is 3.98. The molecule has 1 atom stereocenters. The molecule has 2 N–H and O–H groups in total. The van der Waals surface area contributed by atoms with E-state index in [2.05, 4.69) is 10.6 Å². The average molecular weight is 535 g/mol. The summed E-state index contributed by atoms with van der Waals surface area (Å²) in [7, 11) is -3.59. The fourth-order valence-corrected chi connectivity index (χ4v) is 4.96. The highest BCUT2D eigenvalue weighted by Crippen LogP contribution is 2.14. The van der Waals surface area contributed by atoms with Gasteiger partial charge in [-0.3, -0.25) is 4.79 Å². The van der Waals surface area contributed by atoms with Gasteiger partial charge in [-0.2, -0.15) is 0 Å². The fourth-order valence-electron chi connectivity index (χ4n) is 3.77. The van der Waals surface area contributed by atoms with Crippen LogP contribution in [0.1, 0.15) is 31.4 Å². The summed E-state index contributed by atoms with van der Waals surface area (Å²) in [6, 6.07) is 26.0. The molecule has 200 valence electrons. The lowest BCUT2D eigenvalue weighted by atomic mass is 10.0. The molecule has 0 heterocycles. The van der Waals surface area contributed by atoms with Crippen LogP contribution in [0.3, 0.4) is 0 Å². The highest BCUT2D eigenvalue weighted by atomic mass is 32.2. The molecule has 3 aromatic carbocycles. The molecule has 2 amide bonds. The number of amides is 2. The first-order valence-corrected chi connectivity index (χ1v) is 14.2. The third-order valence-corrected chi connectivity index (χ3v) is 7.30. The van der Waals surface area contributed by atoms with Gasteiger partial charge in [-0.15, -0.1) is 0 Å². The van der Waals surface area contributed by atoms with Gasteiger partial charge in [0.1, 0.15) is 12.6 Å². The Morgan fingerprint density at radius 2 is 1.39 bits per heavy atom. The van der Waals surface area contributed by atoms with Gasteiger partial charge < -0.3 is 15.4 Å². The van der Waals surface area contributed by atoms with E-state index in [9.17, 15) is 18.0 Å². The molecular formula is C30H34N2O5S. The molecule has 38 heavy (non-hydrogen) atoms. The molecule has 0 saturated carbocycles. The number of hydrogen-bond donors (Lipinski definition) is 2. The summed E-state index contributed by atoms with van der Waals surface area (Å²) in [6.07, 6.45) is 1.53. The molecule has 0 bridgehead atoms. The van der Waals surface area contributed by atoms with Gasteiger partial charge in [-0.05, 0) is 41.7 Å². The molecule has 3 rings (SSSR count). The maximum atomic E-state index is 13.3. The Bertz CT molecular complexity index is 1310. The number of nitrogens with one attached hydrogen (secondary N) is 2. The number of ether oxygens (including phenoxy) is 1. The molecule has 0 saturated heterocycles. The first-order chi connectivity index (χ1) is 18.2. The Balaban J connectivity index is 1.74. The number of rotatable bonds is 12. The molecule has 0 spiro atoms. The minimum atomic E-state index is -3.59. The maximum Gasteiger partial charge on any atom is 0.408 e. The van der Waals surface area contributed by atoms with Crippen molar-refractivity contribution < 1.29 is 22.7 Å². The van der Waals surface area contributed by atoms with Crippen molar-refractivity contribution in [1.29, 1.82) is 0 Å². The molecule has 0 radical (unpaired) electrons. The Morgan fingerprint density at radius 3 is 1.97 bits per heavy atom. The third-order valence-electron chi connectivity index (χ3n) is 5.70. The first-order valence-electron chi connectivity index (χ1n) is 12.5. The minimum Gasteiger partial charge on any atom is -0.445 e. The summed E-state index contributed by atoms with van der Waals surface area (Å²) in [5.74, 6) is -0.601. The summed E-state index contributed by atoms with van der Waals surface area (Å²) < 4.78 is 31.0. The molecule has 0 aliphatic carbocycles. The van der Waals surface area contributed by atoms with Gasteiger partial charge in [0.05, 0.1) is 10.6 Å². The normalized spacial score (nSPS) is 12.6. The lowest BCUT2D eigenvalue weighted by Crippen LogP contribution is -2.47. The molecule has 3 aromatic rings. The second kappa shape index (κ2) is 14.1. The second-order valence-corrected chi connectivity index (χ2v) is 11.4. The van der Waals surface area contributed by atoms with E-state index in [0.717, 1.165) is 11.1 Å². The molecule has 7 nitrogen and oxygen atoms in total. The smallest absolute Gasteiger partial charge is 0.408 e. The van der Waals surface area contributed by atoms with Crippen LogP contribution in [0, 0.1) is 5.92 Å². The summed E-state index contributed by atoms with van der Waals surface area (Å²) in [5.41, 5.74) is 2.18. The molecule has 0 unspecified atom stereocenters. The topological polar surface area (TPSA) is 102 Å². The van der Waals surface area contributed by atoms with Crippen LogP contribution < -0.4 is 10.6 Å². The maximum absolute atomic E-state index is 13.3. The minimum absolute atomic E-state index is 0.0825. The van der Waals surface area contributed by atoms with Crippen molar-refractivity contribution in [2.45, 2.75) is 44.2 Å². The van der Waals surface area contributed by atoms with Crippen molar-refractivity contribution in [2.24, 2.45) is 5.92 Å². The standard InChI is InChI=1S/C30H34N2O5S/c1-23(2)20-28(32-30(34)37-22-25-14-8-4-9-15-25)29(33)31-26(21-24-12-6-3-7-13-24)18-19-38(35,36)27-16-10-5-11-17-27/h3-18,23,28H,19-22H2,1-2H3,(H,31,33)(H,32,34)/t28-/m0/s1. The Morgan fingerprint density at radius 1 is 0.842 bits per heavy atom. The van der Waals surface area contributed by atoms with Crippen LogP contribution in [0.15, 0.2) is 108 Å². The van der Waals surface area contributed by atoms with E-state index in [1.807, 2.05) is 74.5 Å². The molecule has 0 aromatic heterocycles. The fraction of sp³-hybridized carbons (Fsp3) is 0.267. The Labute approximate surface area is 224 Å². The van der Waals surface area contributed by atoms with Crippen LogP contribution >= 0.6 is 0 Å². The lowest BCUT2D eigenvalue weighted by molar-refractivity contribution is -0.122. The van der Waals surface area contributed by atoms with Gasteiger partial charge in [-0.1, -0.05) is 92.7 Å². The van der Waals surface area contributed by atoms with Crippen LogP contribution in [0.25, 0.3) is 0 Å². The van der Waals surface area contributed by atoms with Gasteiger partial charge in [0, 0.05) is 12.1 Å². The van der Waals surface area contributed by atoms with Crippen LogP contribution in [0.4, 0.5) is 4.79 Å². The van der Waals surface area contributed by atoms with Gasteiger partial charge in [0.25, 0.3) is 0 Å².